The van der Waals surface area contributed by atoms with Gasteiger partial charge < -0.3 is 40.2 Å². The third-order valence-corrected chi connectivity index (χ3v) is 16.4. The van der Waals surface area contributed by atoms with Crippen LogP contribution in [0.1, 0.15) is 113 Å². The van der Waals surface area contributed by atoms with Gasteiger partial charge in [0.25, 0.3) is 5.91 Å². The zero-order valence-electron chi connectivity index (χ0n) is 38.7. The van der Waals surface area contributed by atoms with Crippen molar-refractivity contribution in [3.05, 3.63) is 16.1 Å². The van der Waals surface area contributed by atoms with Gasteiger partial charge in [-0.1, -0.05) is 68.2 Å². The van der Waals surface area contributed by atoms with E-state index in [1.54, 1.807) is 39.6 Å². The average Bonchev–Trinajstić information content (AvgIpc) is 3.99. The second kappa shape index (κ2) is 22.1. The zero-order chi connectivity index (χ0) is 46.4. The van der Waals surface area contributed by atoms with E-state index in [1.165, 1.54) is 36.9 Å². The number of hydrogen-bond acceptors (Lipinski definition) is 16. The lowest BCUT2D eigenvalue weighted by Gasteiger charge is -2.38. The summed E-state index contributed by atoms with van der Waals surface area (Å²) in [4.78, 5) is 71.0. The molecular weight excluding hydrogens is 855 g/mol. The molecule has 4 rings (SSSR count). The molecule has 0 aliphatic carbocycles. The summed E-state index contributed by atoms with van der Waals surface area (Å²) in [5.41, 5.74) is -1.17. The van der Waals surface area contributed by atoms with Crippen LogP contribution >= 0.6 is 34.9 Å². The van der Waals surface area contributed by atoms with Crippen molar-refractivity contribution in [2.45, 2.75) is 169 Å². The Labute approximate surface area is 380 Å². The molecule has 0 saturated heterocycles. The van der Waals surface area contributed by atoms with Crippen molar-refractivity contribution in [3.8, 4) is 0 Å². The molecule has 15 nitrogen and oxygen atoms in total. The second-order valence-electron chi connectivity index (χ2n) is 18.4. The number of amides is 2. The number of esters is 2. The van der Waals surface area contributed by atoms with Gasteiger partial charge in [0.15, 0.2) is 12.1 Å². The number of nitrogens with zero attached hydrogens (tertiary/aromatic N) is 3. The van der Waals surface area contributed by atoms with E-state index in [2.05, 4.69) is 10.6 Å². The molecule has 18 heteroatoms. The topological polar surface area (TPSA) is 218 Å². The van der Waals surface area contributed by atoms with E-state index < -0.39 is 107 Å². The highest BCUT2D eigenvalue weighted by molar-refractivity contribution is 8.16. The normalized spacial score (nSPS) is 34.5. The first kappa shape index (κ1) is 52.0. The summed E-state index contributed by atoms with van der Waals surface area (Å²) >= 11 is 4.50. The van der Waals surface area contributed by atoms with Crippen LogP contribution in [0.4, 0.5) is 0 Å². The Hall–Kier alpha value is -2.61. The monoisotopic (exact) mass is 925 g/mol. The van der Waals surface area contributed by atoms with E-state index in [1.807, 2.05) is 53.8 Å². The number of hydrogen-bond donors (Lipinski definition) is 5. The van der Waals surface area contributed by atoms with Crippen LogP contribution < -0.4 is 10.6 Å². The number of fused-ring (bicyclic) bond motifs is 6. The first-order valence-electron chi connectivity index (χ1n) is 22.0. The van der Waals surface area contributed by atoms with E-state index in [0.29, 0.717) is 30.0 Å². The standard InChI is InChI=1S/C44H71N5O10S3/c1-14-16-23(6)33(51)25(8)36-24(7)29(57-13)17-30-45-28(18-60-30)38-48-44(12,20-61-38)42-49-43(11,19-62-42)41(56)47-31(22(5)15-2)34(52)26(9)39(54)58-35(21(3)4)37(53)46-32(27(10)50)40(55)59-36/h18,21-27,29,31-36,50-52H,14-17,19-20H2,1-13H3,(H,46,53)(H,47,56). The van der Waals surface area contributed by atoms with Crippen molar-refractivity contribution in [1.29, 1.82) is 0 Å². The number of cyclic esters (lactones) is 2. The van der Waals surface area contributed by atoms with Gasteiger partial charge in [0, 0.05) is 42.3 Å². The molecule has 6 bridgehead atoms. The molecule has 15 unspecified atom stereocenters. The summed E-state index contributed by atoms with van der Waals surface area (Å²) in [5.74, 6) is -5.35. The van der Waals surface area contributed by atoms with Crippen molar-refractivity contribution in [2.75, 3.05) is 18.6 Å². The minimum Gasteiger partial charge on any atom is -0.460 e. The highest BCUT2D eigenvalue weighted by atomic mass is 32.2. The number of nitrogens with one attached hydrogen (secondary N) is 2. The van der Waals surface area contributed by atoms with E-state index in [-0.39, 0.29) is 11.8 Å². The molecule has 0 aromatic carbocycles. The molecule has 1 aromatic heterocycles. The molecule has 350 valence electrons. The largest absolute Gasteiger partial charge is 0.460 e. The Morgan fingerprint density at radius 1 is 0.935 bits per heavy atom. The number of aliphatic hydroxyl groups excluding tert-OH is 3. The number of aliphatic imine (C=N–C) groups is 2. The van der Waals surface area contributed by atoms with Gasteiger partial charge in [0.1, 0.15) is 27.9 Å². The summed E-state index contributed by atoms with van der Waals surface area (Å²) in [6.45, 7) is 21.4. The second-order valence-corrected chi connectivity index (χ2v) is 21.3. The number of rotatable bonds is 10. The van der Waals surface area contributed by atoms with Gasteiger partial charge in [-0.25, -0.2) is 9.78 Å². The van der Waals surface area contributed by atoms with Gasteiger partial charge in [-0.15, -0.1) is 34.9 Å². The van der Waals surface area contributed by atoms with Gasteiger partial charge in [0.2, 0.25) is 5.91 Å². The number of methoxy groups -OCH3 is 1. The molecule has 3 aliphatic rings. The van der Waals surface area contributed by atoms with Crippen molar-refractivity contribution in [3.63, 3.8) is 0 Å². The van der Waals surface area contributed by atoms with Crippen LogP contribution in [0.5, 0.6) is 0 Å². The minimum atomic E-state index is -1.57. The summed E-state index contributed by atoms with van der Waals surface area (Å²) < 4.78 is 18.0. The number of thiazole rings is 1. The molecule has 2 amide bonds. The lowest BCUT2D eigenvalue weighted by Crippen LogP contribution is -2.57. The number of ether oxygens (including phenoxy) is 3. The van der Waals surface area contributed by atoms with Crippen molar-refractivity contribution in [1.82, 2.24) is 15.6 Å². The lowest BCUT2D eigenvalue weighted by atomic mass is 9.80. The number of carbonyl (C=O) groups is 4. The smallest absolute Gasteiger partial charge is 0.331 e. The van der Waals surface area contributed by atoms with Crippen molar-refractivity contribution < 1.29 is 48.7 Å². The molecule has 0 radical (unpaired) electrons. The quantitative estimate of drug-likeness (QED) is 0.199. The Morgan fingerprint density at radius 2 is 1.60 bits per heavy atom. The van der Waals surface area contributed by atoms with Crippen LogP contribution in [-0.2, 0) is 39.8 Å². The number of aliphatic hydroxyl groups is 3. The van der Waals surface area contributed by atoms with Gasteiger partial charge in [-0.05, 0) is 51.9 Å². The fourth-order valence-electron chi connectivity index (χ4n) is 8.15. The average molecular weight is 926 g/mol. The molecular formula is C44H71N5O10S3. The van der Waals surface area contributed by atoms with E-state index >= 15 is 0 Å². The van der Waals surface area contributed by atoms with E-state index in [9.17, 15) is 34.5 Å². The Bertz CT molecular complexity index is 1790. The van der Waals surface area contributed by atoms with Crippen LogP contribution in [0.2, 0.25) is 0 Å². The van der Waals surface area contributed by atoms with Crippen LogP contribution in [0.3, 0.4) is 0 Å². The van der Waals surface area contributed by atoms with Gasteiger partial charge >= 0.3 is 11.9 Å². The number of thioether (sulfide) groups is 2. The molecule has 4 heterocycles. The van der Waals surface area contributed by atoms with Crippen LogP contribution in [0.25, 0.3) is 0 Å². The van der Waals surface area contributed by atoms with Gasteiger partial charge in [0.05, 0.1) is 46.4 Å². The van der Waals surface area contributed by atoms with Crippen LogP contribution in [0, 0.1) is 35.5 Å². The molecule has 62 heavy (non-hydrogen) atoms. The van der Waals surface area contributed by atoms with E-state index in [4.69, 9.17) is 29.2 Å². The Balaban J connectivity index is 1.80. The SMILES string of the molecule is CCCC(C)C(O)C(C)C1OC(=O)C(C(C)O)NC(=O)C(C(C)C)OC(=O)C(C)C(O)C(C(C)CC)NC(=O)C2(C)CSC(=N2)C2(C)CSC(=N2)c2csc(n2)CC(OC)C1C. The van der Waals surface area contributed by atoms with Crippen molar-refractivity contribution in [2.24, 2.45) is 45.5 Å². The predicted octanol–water partition coefficient (Wildman–Crippen LogP) is 4.81. The maximum Gasteiger partial charge on any atom is 0.331 e. The Morgan fingerprint density at radius 3 is 2.19 bits per heavy atom. The summed E-state index contributed by atoms with van der Waals surface area (Å²) in [5, 5.41) is 44.0. The Kier molecular flexibility index (Phi) is 18.5. The molecule has 0 fully saturated rings. The fraction of sp³-hybridized carbons (Fsp3) is 0.795. The molecule has 5 N–H and O–H groups in total. The van der Waals surface area contributed by atoms with E-state index in [0.717, 1.165) is 27.9 Å². The summed E-state index contributed by atoms with van der Waals surface area (Å²) in [7, 11) is 1.57. The zero-order valence-corrected chi connectivity index (χ0v) is 41.1. The highest BCUT2D eigenvalue weighted by Gasteiger charge is 2.48. The van der Waals surface area contributed by atoms with Crippen LogP contribution in [-0.4, -0.2) is 133 Å². The maximum atomic E-state index is 14.2. The van der Waals surface area contributed by atoms with Gasteiger partial charge in [-0.3, -0.25) is 24.4 Å². The maximum absolute atomic E-state index is 14.2. The first-order chi connectivity index (χ1) is 29.0. The molecule has 3 aliphatic heterocycles. The van der Waals surface area contributed by atoms with Gasteiger partial charge in [-0.2, -0.15) is 0 Å². The van der Waals surface area contributed by atoms with Crippen LogP contribution in [0.15, 0.2) is 15.4 Å². The molecule has 15 atom stereocenters. The molecule has 0 spiro atoms. The number of carbonyl (C=O) groups excluding carboxylic acids is 4. The first-order valence-corrected chi connectivity index (χ1v) is 24.9. The minimum absolute atomic E-state index is 0.121. The highest BCUT2D eigenvalue weighted by Crippen LogP contribution is 2.41. The van der Waals surface area contributed by atoms with Crippen molar-refractivity contribution >= 4 is 68.7 Å². The third kappa shape index (κ3) is 12.0. The molecule has 0 saturated carbocycles. The summed E-state index contributed by atoms with van der Waals surface area (Å²) in [6.07, 6.45) is -4.05. The predicted molar refractivity (Wildman–Crippen MR) is 245 cm³/mol. The lowest BCUT2D eigenvalue weighted by molar-refractivity contribution is -0.172. The molecule has 1 aromatic rings. The number of aromatic nitrogens is 1. The summed E-state index contributed by atoms with van der Waals surface area (Å²) in [6, 6.07) is -2.44. The third-order valence-electron chi connectivity index (χ3n) is 12.8. The fourth-order valence-corrected chi connectivity index (χ4v) is 11.6.